The lowest BCUT2D eigenvalue weighted by Gasteiger charge is -2.30. The smallest absolute Gasteiger partial charge is 0.267 e. The van der Waals surface area contributed by atoms with Crippen molar-refractivity contribution >= 4 is 34.2 Å². The number of amides is 1. The van der Waals surface area contributed by atoms with E-state index in [1.807, 2.05) is 61.2 Å². The number of benzene rings is 1. The second-order valence-electron chi connectivity index (χ2n) is 7.78. The molecule has 1 aliphatic heterocycles. The van der Waals surface area contributed by atoms with Gasteiger partial charge in [-0.3, -0.25) is 9.69 Å². The molecule has 1 saturated heterocycles. The van der Waals surface area contributed by atoms with E-state index in [2.05, 4.69) is 4.98 Å². The largest absolute Gasteiger partial charge is 0.497 e. The predicted molar refractivity (Wildman–Crippen MR) is 123 cm³/mol. The molecule has 30 heavy (non-hydrogen) atoms. The summed E-state index contributed by atoms with van der Waals surface area (Å²) in [6.45, 7) is 3.96. The van der Waals surface area contributed by atoms with Gasteiger partial charge in [0.25, 0.3) is 5.91 Å². The van der Waals surface area contributed by atoms with Crippen molar-refractivity contribution in [2.45, 2.75) is 52.0 Å². The van der Waals surface area contributed by atoms with Crippen LogP contribution in [0.1, 0.15) is 50.3 Å². The highest BCUT2D eigenvalue weighted by molar-refractivity contribution is 8.18. The molecule has 1 aliphatic carbocycles. The van der Waals surface area contributed by atoms with E-state index in [1.54, 1.807) is 7.11 Å². The van der Waals surface area contributed by atoms with Crippen LogP contribution in [0, 0.1) is 6.92 Å². The SMILES string of the molecule is COc1ccc(/C(C)=C2\S/C(=N/c3cccc(C)n3)N(C3CCCCC3)C2=O)cc1. The van der Waals surface area contributed by atoms with Crippen LogP contribution in [0.4, 0.5) is 5.82 Å². The van der Waals surface area contributed by atoms with Gasteiger partial charge in [-0.05, 0) is 73.9 Å². The van der Waals surface area contributed by atoms with Crippen molar-refractivity contribution in [3.8, 4) is 5.75 Å². The maximum Gasteiger partial charge on any atom is 0.267 e. The van der Waals surface area contributed by atoms with Crippen LogP contribution in [-0.4, -0.2) is 34.1 Å². The zero-order valence-electron chi connectivity index (χ0n) is 17.7. The molecule has 1 amide bonds. The number of nitrogens with zero attached hydrogens (tertiary/aromatic N) is 3. The first-order valence-electron chi connectivity index (χ1n) is 10.5. The van der Waals surface area contributed by atoms with Crippen molar-refractivity contribution in [1.29, 1.82) is 0 Å². The first kappa shape index (κ1) is 20.7. The van der Waals surface area contributed by atoms with Gasteiger partial charge < -0.3 is 4.74 Å². The first-order chi connectivity index (χ1) is 14.6. The Morgan fingerprint density at radius 1 is 1.13 bits per heavy atom. The average Bonchev–Trinajstić information content (AvgIpc) is 3.09. The van der Waals surface area contributed by atoms with E-state index in [1.165, 1.54) is 18.2 Å². The molecule has 6 heteroatoms. The zero-order chi connectivity index (χ0) is 21.1. The van der Waals surface area contributed by atoms with Gasteiger partial charge in [-0.2, -0.15) is 0 Å². The lowest BCUT2D eigenvalue weighted by Crippen LogP contribution is -2.40. The van der Waals surface area contributed by atoms with Gasteiger partial charge in [0.1, 0.15) is 5.75 Å². The number of thioether (sulfide) groups is 1. The molecule has 0 bridgehead atoms. The van der Waals surface area contributed by atoms with E-state index in [9.17, 15) is 4.79 Å². The van der Waals surface area contributed by atoms with Crippen LogP contribution in [0.2, 0.25) is 0 Å². The van der Waals surface area contributed by atoms with Crippen molar-refractivity contribution in [2.75, 3.05) is 7.11 Å². The summed E-state index contributed by atoms with van der Waals surface area (Å²) < 4.78 is 5.26. The second kappa shape index (κ2) is 9.04. The Hall–Kier alpha value is -2.60. The van der Waals surface area contributed by atoms with E-state index in [-0.39, 0.29) is 11.9 Å². The Balaban J connectivity index is 1.73. The molecule has 0 unspecified atom stereocenters. The maximum absolute atomic E-state index is 13.5. The Morgan fingerprint density at radius 3 is 2.53 bits per heavy atom. The molecule has 2 heterocycles. The van der Waals surface area contributed by atoms with E-state index < -0.39 is 0 Å². The standard InChI is InChI=1S/C24H27N3O2S/c1-16-8-7-11-21(25-16)26-24-27(19-9-5-4-6-10-19)23(28)22(30-24)17(2)18-12-14-20(29-3)15-13-18/h7-8,11-15,19H,4-6,9-10H2,1-3H3/b22-17-,26-24+. The minimum atomic E-state index is 0.0617. The summed E-state index contributed by atoms with van der Waals surface area (Å²) in [4.78, 5) is 25.5. The fourth-order valence-corrected chi connectivity index (χ4v) is 5.12. The number of carbonyl (C=O) groups is 1. The fraction of sp³-hybridized carbons (Fsp3) is 0.375. The third-order valence-electron chi connectivity index (χ3n) is 5.70. The summed E-state index contributed by atoms with van der Waals surface area (Å²) in [7, 11) is 1.65. The van der Waals surface area contributed by atoms with Gasteiger partial charge in [0.15, 0.2) is 11.0 Å². The second-order valence-corrected chi connectivity index (χ2v) is 8.76. The van der Waals surface area contributed by atoms with Gasteiger partial charge >= 0.3 is 0 Å². The van der Waals surface area contributed by atoms with E-state index >= 15 is 0 Å². The molecule has 156 valence electrons. The predicted octanol–water partition coefficient (Wildman–Crippen LogP) is 5.73. The van der Waals surface area contributed by atoms with Crippen molar-refractivity contribution in [2.24, 2.45) is 4.99 Å². The zero-order valence-corrected chi connectivity index (χ0v) is 18.5. The van der Waals surface area contributed by atoms with Crippen molar-refractivity contribution < 1.29 is 9.53 Å². The molecule has 0 radical (unpaired) electrons. The highest BCUT2D eigenvalue weighted by Crippen LogP contribution is 2.41. The molecule has 2 aliphatic rings. The third-order valence-corrected chi connectivity index (χ3v) is 6.86. The summed E-state index contributed by atoms with van der Waals surface area (Å²) >= 11 is 1.47. The number of aliphatic imine (C=N–C) groups is 1. The number of carbonyl (C=O) groups excluding carboxylic acids is 1. The van der Waals surface area contributed by atoms with Crippen LogP contribution in [0.25, 0.3) is 5.57 Å². The van der Waals surface area contributed by atoms with Gasteiger partial charge in [-0.15, -0.1) is 0 Å². The highest BCUT2D eigenvalue weighted by Gasteiger charge is 2.39. The van der Waals surface area contributed by atoms with Gasteiger partial charge in [0, 0.05) is 11.7 Å². The van der Waals surface area contributed by atoms with E-state index in [4.69, 9.17) is 9.73 Å². The lowest BCUT2D eigenvalue weighted by molar-refractivity contribution is -0.124. The molecule has 0 atom stereocenters. The Bertz CT molecular complexity index is 992. The van der Waals surface area contributed by atoms with E-state index in [0.717, 1.165) is 58.3 Å². The van der Waals surface area contributed by atoms with Crippen LogP contribution in [0.3, 0.4) is 0 Å². The number of allylic oxidation sites excluding steroid dienone is 1. The van der Waals surface area contributed by atoms with E-state index in [0.29, 0.717) is 5.82 Å². The molecule has 5 nitrogen and oxygen atoms in total. The topological polar surface area (TPSA) is 54.8 Å². The molecule has 4 rings (SSSR count). The molecular weight excluding hydrogens is 394 g/mol. The number of aromatic nitrogens is 1. The van der Waals surface area contributed by atoms with Crippen LogP contribution in [0.15, 0.2) is 52.4 Å². The molecule has 2 aromatic rings. The van der Waals surface area contributed by atoms with Crippen molar-refractivity contribution in [3.05, 3.63) is 58.6 Å². The monoisotopic (exact) mass is 421 g/mol. The minimum absolute atomic E-state index is 0.0617. The summed E-state index contributed by atoms with van der Waals surface area (Å²) in [5.74, 6) is 1.51. The number of rotatable bonds is 4. The Kier molecular flexibility index (Phi) is 6.23. The van der Waals surface area contributed by atoms with Crippen LogP contribution < -0.4 is 4.74 Å². The van der Waals surface area contributed by atoms with Crippen molar-refractivity contribution in [3.63, 3.8) is 0 Å². The molecule has 1 aromatic heterocycles. The molecule has 1 saturated carbocycles. The number of ether oxygens (including phenoxy) is 1. The van der Waals surface area contributed by atoms with Crippen LogP contribution >= 0.6 is 11.8 Å². The molecule has 0 N–H and O–H groups in total. The normalized spacial score (nSPS) is 20.7. The maximum atomic E-state index is 13.5. The molecular formula is C24H27N3O2S. The first-order valence-corrected chi connectivity index (χ1v) is 11.3. The highest BCUT2D eigenvalue weighted by atomic mass is 32.2. The minimum Gasteiger partial charge on any atom is -0.497 e. The summed E-state index contributed by atoms with van der Waals surface area (Å²) in [6, 6.07) is 13.9. The van der Waals surface area contributed by atoms with Gasteiger partial charge in [0.2, 0.25) is 0 Å². The molecule has 1 aromatic carbocycles. The Morgan fingerprint density at radius 2 is 1.87 bits per heavy atom. The van der Waals surface area contributed by atoms with Crippen molar-refractivity contribution in [1.82, 2.24) is 9.88 Å². The molecule has 2 fully saturated rings. The van der Waals surface area contributed by atoms with Crippen LogP contribution in [0.5, 0.6) is 5.75 Å². The quantitative estimate of drug-likeness (QED) is 0.592. The Labute approximate surface area is 182 Å². The third kappa shape index (κ3) is 4.29. The number of methoxy groups -OCH3 is 1. The number of pyridine rings is 1. The number of hydrogen-bond donors (Lipinski definition) is 0. The average molecular weight is 422 g/mol. The number of aryl methyl sites for hydroxylation is 1. The summed E-state index contributed by atoms with van der Waals surface area (Å²) in [6.07, 6.45) is 5.62. The van der Waals surface area contributed by atoms with Crippen LogP contribution in [-0.2, 0) is 4.79 Å². The molecule has 0 spiro atoms. The summed E-state index contributed by atoms with van der Waals surface area (Å²) in [5.41, 5.74) is 2.90. The fourth-order valence-electron chi connectivity index (χ4n) is 4.02. The number of amidine groups is 1. The van der Waals surface area contributed by atoms with Gasteiger partial charge in [-0.25, -0.2) is 9.98 Å². The lowest BCUT2D eigenvalue weighted by atomic mass is 9.94. The number of hydrogen-bond acceptors (Lipinski definition) is 5. The van der Waals surface area contributed by atoms with Gasteiger partial charge in [-0.1, -0.05) is 37.5 Å². The van der Waals surface area contributed by atoms with Gasteiger partial charge in [0.05, 0.1) is 12.0 Å². The summed E-state index contributed by atoms with van der Waals surface area (Å²) in [5, 5.41) is 0.743.